The Morgan fingerprint density at radius 1 is 1.25 bits per heavy atom. The Morgan fingerprint density at radius 2 is 1.97 bits per heavy atom. The molecule has 0 radical (unpaired) electrons. The number of aliphatic hydroxyl groups is 1. The summed E-state index contributed by atoms with van der Waals surface area (Å²) in [7, 11) is 5.42. The van der Waals surface area contributed by atoms with Crippen LogP contribution in [0.4, 0.5) is 0 Å². The van der Waals surface area contributed by atoms with Gasteiger partial charge in [-0.15, -0.1) is 0 Å². The quantitative estimate of drug-likeness (QED) is 0.406. The number of amides is 1. The van der Waals surface area contributed by atoms with Crippen molar-refractivity contribution in [2.45, 2.75) is 32.7 Å². The number of Topliss-reactive ketones (excluding diaryl/α,β-unsaturated/α-hetero) is 1. The number of ether oxygens (including phenoxy) is 1. The number of likely N-dealkylation sites (N-methyl/N-ethyl adjacent to an activating group) is 1. The predicted molar refractivity (Wildman–Crippen MR) is 124 cm³/mol. The molecule has 1 aromatic carbocycles. The van der Waals surface area contributed by atoms with Crippen LogP contribution in [0.25, 0.3) is 5.76 Å². The third kappa shape index (κ3) is 4.39. The van der Waals surface area contributed by atoms with Gasteiger partial charge in [-0.05, 0) is 62.3 Å². The summed E-state index contributed by atoms with van der Waals surface area (Å²) in [6.07, 6.45) is 1.62. The minimum absolute atomic E-state index is 0.0652. The van der Waals surface area contributed by atoms with Crippen LogP contribution in [0.15, 0.2) is 42.1 Å². The topological polar surface area (TPSA) is 83.0 Å². The van der Waals surface area contributed by atoms with Crippen molar-refractivity contribution in [2.24, 2.45) is 0 Å². The first-order valence-electron chi connectivity index (χ1n) is 10.7. The monoisotopic (exact) mass is 437 g/mol. The van der Waals surface area contributed by atoms with E-state index in [1.54, 1.807) is 25.4 Å². The van der Waals surface area contributed by atoms with Gasteiger partial charge in [-0.25, -0.2) is 0 Å². The van der Waals surface area contributed by atoms with E-state index in [9.17, 15) is 14.7 Å². The zero-order valence-corrected chi connectivity index (χ0v) is 19.5. The Kier molecular flexibility index (Phi) is 6.99. The minimum atomic E-state index is -0.750. The van der Waals surface area contributed by atoms with E-state index in [0.29, 0.717) is 24.3 Å². The predicted octanol–water partition coefficient (Wildman–Crippen LogP) is 3.51. The summed E-state index contributed by atoms with van der Waals surface area (Å²) in [5, 5.41) is 11.4. The maximum Gasteiger partial charge on any atom is 0.295 e. The summed E-state index contributed by atoms with van der Waals surface area (Å²) in [5.74, 6) is -0.640. The lowest BCUT2D eigenvalue weighted by Gasteiger charge is -2.26. The van der Waals surface area contributed by atoms with Crippen LogP contribution in [0.5, 0.6) is 5.75 Å². The molecule has 0 aliphatic carbocycles. The number of pyridine rings is 1. The van der Waals surface area contributed by atoms with Crippen LogP contribution in [0, 0.1) is 6.92 Å². The largest absolute Gasteiger partial charge is 0.507 e. The van der Waals surface area contributed by atoms with Crippen molar-refractivity contribution in [3.8, 4) is 5.75 Å². The van der Waals surface area contributed by atoms with Crippen LogP contribution < -0.4 is 4.74 Å². The van der Waals surface area contributed by atoms with Crippen molar-refractivity contribution in [3.05, 3.63) is 64.5 Å². The van der Waals surface area contributed by atoms with E-state index in [1.165, 1.54) is 4.90 Å². The molecule has 0 spiro atoms. The van der Waals surface area contributed by atoms with Crippen molar-refractivity contribution >= 4 is 17.4 Å². The molecule has 1 aliphatic rings. The molecule has 2 aromatic rings. The van der Waals surface area contributed by atoms with Gasteiger partial charge in [0.15, 0.2) is 0 Å². The maximum atomic E-state index is 13.1. The number of benzene rings is 1. The molecule has 170 valence electrons. The van der Waals surface area contributed by atoms with Crippen LogP contribution in [-0.2, 0) is 9.59 Å². The molecule has 7 heteroatoms. The van der Waals surface area contributed by atoms with Crippen LogP contribution in [-0.4, -0.2) is 65.9 Å². The highest BCUT2D eigenvalue weighted by Crippen LogP contribution is 2.40. The first-order chi connectivity index (χ1) is 15.2. The Hall–Kier alpha value is -3.19. The highest BCUT2D eigenvalue weighted by atomic mass is 16.5. The molecule has 0 bridgehead atoms. The number of aromatic nitrogens is 1. The van der Waals surface area contributed by atoms with Crippen LogP contribution >= 0.6 is 0 Å². The van der Waals surface area contributed by atoms with Gasteiger partial charge >= 0.3 is 0 Å². The molecule has 1 aliphatic heterocycles. The minimum Gasteiger partial charge on any atom is -0.507 e. The Labute approximate surface area is 189 Å². The van der Waals surface area contributed by atoms with E-state index in [4.69, 9.17) is 4.74 Å². The molecule has 7 nitrogen and oxygen atoms in total. The number of ketones is 1. The molecular weight excluding hydrogens is 406 g/mol. The molecule has 2 heterocycles. The zero-order chi connectivity index (χ0) is 23.6. The maximum absolute atomic E-state index is 13.1. The fourth-order valence-corrected chi connectivity index (χ4v) is 3.99. The molecule has 1 amide bonds. The standard InChI is InChI=1S/C25H31N3O4/c1-15(2)17-14-18(16(3)13-20(17)32-6)23(29)21-22(19-9-7-8-10-26-19)28(12-11-27(4)5)25(31)24(21)30/h7-10,13-15,22,29H,11-12H2,1-6H3/b23-21+. The van der Waals surface area contributed by atoms with Gasteiger partial charge in [-0.3, -0.25) is 14.6 Å². The molecule has 0 saturated carbocycles. The summed E-state index contributed by atoms with van der Waals surface area (Å²) in [6.45, 7) is 6.83. The van der Waals surface area contributed by atoms with Crippen molar-refractivity contribution < 1.29 is 19.4 Å². The molecule has 1 aromatic heterocycles. The normalized spacial score (nSPS) is 18.1. The lowest BCUT2D eigenvalue weighted by Crippen LogP contribution is -2.35. The number of hydrogen-bond acceptors (Lipinski definition) is 6. The Morgan fingerprint density at radius 3 is 2.53 bits per heavy atom. The van der Waals surface area contributed by atoms with Gasteiger partial charge in [0.1, 0.15) is 17.6 Å². The van der Waals surface area contributed by atoms with Crippen LogP contribution in [0.2, 0.25) is 0 Å². The van der Waals surface area contributed by atoms with Gasteiger partial charge < -0.3 is 19.6 Å². The number of likely N-dealkylation sites (tertiary alicyclic amines) is 1. The number of hydrogen-bond donors (Lipinski definition) is 1. The van der Waals surface area contributed by atoms with Gasteiger partial charge in [0.05, 0.1) is 18.4 Å². The third-order valence-electron chi connectivity index (χ3n) is 5.75. The number of nitrogens with zero attached hydrogens (tertiary/aromatic N) is 3. The summed E-state index contributed by atoms with van der Waals surface area (Å²) >= 11 is 0. The van der Waals surface area contributed by atoms with E-state index in [2.05, 4.69) is 4.98 Å². The van der Waals surface area contributed by atoms with Gasteiger partial charge in [-0.1, -0.05) is 19.9 Å². The summed E-state index contributed by atoms with van der Waals surface area (Å²) in [6, 6.07) is 8.30. The SMILES string of the molecule is COc1cc(C)c(/C(O)=C2\C(=O)C(=O)N(CCN(C)C)C2c2ccccn2)cc1C(C)C. The van der Waals surface area contributed by atoms with Crippen LogP contribution in [0.3, 0.4) is 0 Å². The smallest absolute Gasteiger partial charge is 0.295 e. The van der Waals surface area contributed by atoms with E-state index < -0.39 is 17.7 Å². The van der Waals surface area contributed by atoms with Crippen molar-refractivity contribution in [2.75, 3.05) is 34.3 Å². The summed E-state index contributed by atoms with van der Waals surface area (Å²) in [4.78, 5) is 34.0. The van der Waals surface area contributed by atoms with Gasteiger partial charge in [0, 0.05) is 24.8 Å². The van der Waals surface area contributed by atoms with Crippen molar-refractivity contribution in [1.82, 2.24) is 14.8 Å². The molecule has 1 fully saturated rings. The molecule has 1 unspecified atom stereocenters. The second kappa shape index (κ2) is 9.53. The Bertz CT molecular complexity index is 1040. The highest BCUT2D eigenvalue weighted by Gasteiger charge is 2.46. The number of aliphatic hydroxyl groups excluding tert-OH is 1. The van der Waals surface area contributed by atoms with E-state index in [1.807, 2.05) is 58.0 Å². The molecule has 1 saturated heterocycles. The molecule has 1 atom stereocenters. The fraction of sp³-hybridized carbons (Fsp3) is 0.400. The van der Waals surface area contributed by atoms with E-state index in [-0.39, 0.29) is 17.3 Å². The Balaban J connectivity index is 2.21. The number of aryl methyl sites for hydroxylation is 1. The molecule has 1 N–H and O–H groups in total. The number of rotatable bonds is 7. The van der Waals surface area contributed by atoms with Crippen molar-refractivity contribution in [3.63, 3.8) is 0 Å². The average Bonchev–Trinajstić information content (AvgIpc) is 3.02. The summed E-state index contributed by atoms with van der Waals surface area (Å²) in [5.41, 5.74) is 2.79. The molecular formula is C25H31N3O4. The molecule has 32 heavy (non-hydrogen) atoms. The second-order valence-corrected chi connectivity index (χ2v) is 8.61. The third-order valence-corrected chi connectivity index (χ3v) is 5.75. The number of methoxy groups -OCH3 is 1. The van der Waals surface area contributed by atoms with Crippen LogP contribution in [0.1, 0.15) is 48.2 Å². The zero-order valence-electron chi connectivity index (χ0n) is 19.5. The fourth-order valence-electron chi connectivity index (χ4n) is 3.99. The van der Waals surface area contributed by atoms with Crippen molar-refractivity contribution in [1.29, 1.82) is 0 Å². The molecule has 3 rings (SSSR count). The average molecular weight is 438 g/mol. The number of carbonyl (C=O) groups excluding carboxylic acids is 2. The number of carbonyl (C=O) groups is 2. The second-order valence-electron chi connectivity index (χ2n) is 8.61. The lowest BCUT2D eigenvalue weighted by atomic mass is 9.92. The van der Waals surface area contributed by atoms with Gasteiger partial charge in [0.25, 0.3) is 11.7 Å². The van der Waals surface area contributed by atoms with Gasteiger partial charge in [0.2, 0.25) is 0 Å². The summed E-state index contributed by atoms with van der Waals surface area (Å²) < 4.78 is 5.51. The first kappa shape index (κ1) is 23.5. The van der Waals surface area contributed by atoms with Gasteiger partial charge in [-0.2, -0.15) is 0 Å². The lowest BCUT2D eigenvalue weighted by molar-refractivity contribution is -0.140. The highest BCUT2D eigenvalue weighted by molar-refractivity contribution is 6.46. The van der Waals surface area contributed by atoms with E-state index in [0.717, 1.165) is 16.9 Å². The van der Waals surface area contributed by atoms with E-state index >= 15 is 0 Å². The first-order valence-corrected chi connectivity index (χ1v) is 10.7.